The molecule has 1 aromatic carbocycles. The molecule has 0 amide bonds. The predicted octanol–water partition coefficient (Wildman–Crippen LogP) is 3.60. The fourth-order valence-electron chi connectivity index (χ4n) is 2.67. The van der Waals surface area contributed by atoms with Gasteiger partial charge in [-0.2, -0.15) is 12.7 Å². The Morgan fingerprint density at radius 2 is 1.76 bits per heavy atom. The van der Waals surface area contributed by atoms with E-state index in [-0.39, 0.29) is 42.0 Å². The first-order chi connectivity index (χ1) is 11.5. The van der Waals surface area contributed by atoms with E-state index in [0.29, 0.717) is 5.02 Å². The van der Waals surface area contributed by atoms with Crippen molar-refractivity contribution in [3.63, 3.8) is 0 Å². The highest BCUT2D eigenvalue weighted by atomic mass is 35.5. The first kappa shape index (κ1) is 20.6. The van der Waals surface area contributed by atoms with E-state index in [1.165, 1.54) is 12.1 Å². The van der Waals surface area contributed by atoms with E-state index in [1.807, 2.05) is 13.8 Å². The van der Waals surface area contributed by atoms with Gasteiger partial charge in [-0.05, 0) is 24.5 Å². The van der Waals surface area contributed by atoms with Gasteiger partial charge >= 0.3 is 16.2 Å². The lowest BCUT2D eigenvalue weighted by Crippen LogP contribution is -2.58. The number of hydrogen-bond donors (Lipinski definition) is 0. The molecule has 0 N–H and O–H groups in total. The molecule has 1 saturated heterocycles. The minimum absolute atomic E-state index is 0.120. The van der Waals surface area contributed by atoms with Crippen LogP contribution in [0.25, 0.3) is 0 Å². The van der Waals surface area contributed by atoms with Crippen molar-refractivity contribution in [1.82, 2.24) is 4.31 Å². The lowest BCUT2D eigenvalue weighted by Gasteiger charge is -2.44. The lowest BCUT2D eigenvalue weighted by molar-refractivity contribution is -0.143. The molecule has 0 aliphatic carbocycles. The van der Waals surface area contributed by atoms with Crippen LogP contribution in [-0.4, -0.2) is 44.9 Å². The summed E-state index contributed by atoms with van der Waals surface area (Å²) < 4.78 is 33.1. The van der Waals surface area contributed by atoms with Crippen LogP contribution < -0.4 is 4.31 Å². The number of carbonyl (C=O) groups is 1. The van der Waals surface area contributed by atoms with Crippen LogP contribution in [0.1, 0.15) is 20.8 Å². The zero-order valence-electron chi connectivity index (χ0n) is 14.1. The molecule has 0 atom stereocenters. The first-order valence-electron chi connectivity index (χ1n) is 7.56. The van der Waals surface area contributed by atoms with Crippen molar-refractivity contribution in [2.45, 2.75) is 20.8 Å². The molecule has 2 rings (SSSR count). The van der Waals surface area contributed by atoms with Gasteiger partial charge in [0.25, 0.3) is 0 Å². The van der Waals surface area contributed by atoms with Gasteiger partial charge in [0.05, 0.1) is 22.3 Å². The van der Waals surface area contributed by atoms with Crippen LogP contribution in [0.2, 0.25) is 15.1 Å². The van der Waals surface area contributed by atoms with Gasteiger partial charge in [0.2, 0.25) is 0 Å². The van der Waals surface area contributed by atoms with E-state index in [1.54, 1.807) is 6.92 Å². The van der Waals surface area contributed by atoms with E-state index >= 15 is 0 Å². The zero-order valence-corrected chi connectivity index (χ0v) is 17.1. The van der Waals surface area contributed by atoms with E-state index in [2.05, 4.69) is 0 Å². The molecule has 1 aromatic rings. The highest BCUT2D eigenvalue weighted by Gasteiger charge is 2.44. The molecular formula is C15H19Cl3N2O4S. The third-order valence-electron chi connectivity index (χ3n) is 3.62. The number of anilines is 1. The maximum absolute atomic E-state index is 13.0. The standard InChI is InChI=1S/C15H19Cl3N2O4S/c1-4-24-13(21)7-19-8-15(2,3)9-20(25(19,22)23)14-11(17)5-10(16)6-12(14)18/h5-6H,4,7-9H2,1-3H3. The van der Waals surface area contributed by atoms with Crippen molar-refractivity contribution in [1.29, 1.82) is 0 Å². The Balaban J connectivity index is 2.49. The van der Waals surface area contributed by atoms with Crippen molar-refractivity contribution in [2.75, 3.05) is 30.5 Å². The van der Waals surface area contributed by atoms with Gasteiger partial charge in [0, 0.05) is 18.1 Å². The molecule has 1 aliphatic rings. The molecule has 1 heterocycles. The van der Waals surface area contributed by atoms with Crippen molar-refractivity contribution in [3.8, 4) is 0 Å². The average molecular weight is 430 g/mol. The minimum atomic E-state index is -4.01. The molecule has 25 heavy (non-hydrogen) atoms. The topological polar surface area (TPSA) is 66.9 Å². The van der Waals surface area contributed by atoms with Crippen LogP contribution >= 0.6 is 34.8 Å². The zero-order chi connectivity index (χ0) is 19.0. The largest absolute Gasteiger partial charge is 0.465 e. The van der Waals surface area contributed by atoms with Gasteiger partial charge in [-0.15, -0.1) is 0 Å². The molecule has 0 spiro atoms. The second-order valence-electron chi connectivity index (χ2n) is 6.47. The second-order valence-corrected chi connectivity index (χ2v) is 9.57. The van der Waals surface area contributed by atoms with Crippen LogP contribution in [0.5, 0.6) is 0 Å². The van der Waals surface area contributed by atoms with Crippen LogP contribution in [-0.2, 0) is 19.7 Å². The van der Waals surface area contributed by atoms with Crippen molar-refractivity contribution in [2.24, 2.45) is 5.41 Å². The Bertz CT molecular complexity index is 760. The normalized spacial score (nSPS) is 19.7. The van der Waals surface area contributed by atoms with Crippen molar-refractivity contribution in [3.05, 3.63) is 27.2 Å². The summed E-state index contributed by atoms with van der Waals surface area (Å²) in [5.41, 5.74) is -0.293. The number of esters is 1. The van der Waals surface area contributed by atoms with E-state index in [0.717, 1.165) is 8.61 Å². The fourth-order valence-corrected chi connectivity index (χ4v) is 5.80. The first-order valence-corrected chi connectivity index (χ1v) is 10.1. The summed E-state index contributed by atoms with van der Waals surface area (Å²) >= 11 is 18.3. The van der Waals surface area contributed by atoms with E-state index < -0.39 is 21.6 Å². The van der Waals surface area contributed by atoms with Gasteiger partial charge in [-0.1, -0.05) is 48.7 Å². The Morgan fingerprint density at radius 3 is 2.28 bits per heavy atom. The monoisotopic (exact) mass is 428 g/mol. The SMILES string of the molecule is CCOC(=O)CN1CC(C)(C)CN(c2c(Cl)cc(Cl)cc2Cl)S1(=O)=O. The minimum Gasteiger partial charge on any atom is -0.465 e. The van der Waals surface area contributed by atoms with Gasteiger partial charge in [-0.25, -0.2) is 0 Å². The van der Waals surface area contributed by atoms with E-state index in [9.17, 15) is 13.2 Å². The molecule has 0 saturated carbocycles. The lowest BCUT2D eigenvalue weighted by atomic mass is 9.93. The van der Waals surface area contributed by atoms with Crippen LogP contribution in [0, 0.1) is 5.41 Å². The molecular weight excluding hydrogens is 411 g/mol. The Hall–Kier alpha value is -0.730. The number of halogens is 3. The average Bonchev–Trinajstić information content (AvgIpc) is 2.43. The maximum Gasteiger partial charge on any atom is 0.321 e. The summed E-state index contributed by atoms with van der Waals surface area (Å²) in [6.07, 6.45) is 0. The van der Waals surface area contributed by atoms with Gasteiger partial charge < -0.3 is 4.74 Å². The summed E-state index contributed by atoms with van der Waals surface area (Å²) in [5.74, 6) is -0.614. The highest BCUT2D eigenvalue weighted by molar-refractivity contribution is 7.90. The summed E-state index contributed by atoms with van der Waals surface area (Å²) in [5, 5.41) is 0.542. The third kappa shape index (κ3) is 4.52. The number of rotatable bonds is 4. The molecule has 1 aliphatic heterocycles. The van der Waals surface area contributed by atoms with Gasteiger partial charge in [0.15, 0.2) is 0 Å². The number of ether oxygens (including phenoxy) is 1. The van der Waals surface area contributed by atoms with Gasteiger partial charge in [0.1, 0.15) is 6.54 Å². The molecule has 0 unspecified atom stereocenters. The van der Waals surface area contributed by atoms with Crippen molar-refractivity contribution < 1.29 is 17.9 Å². The Labute approximate surface area is 162 Å². The number of hydrogen-bond acceptors (Lipinski definition) is 4. The quantitative estimate of drug-likeness (QED) is 0.686. The molecule has 1 fully saturated rings. The summed E-state index contributed by atoms with van der Waals surface area (Å²) in [6, 6.07) is 2.86. The number of benzene rings is 1. The van der Waals surface area contributed by atoms with Crippen LogP contribution in [0.15, 0.2) is 12.1 Å². The van der Waals surface area contributed by atoms with Crippen LogP contribution in [0.3, 0.4) is 0 Å². The number of nitrogens with zero attached hydrogens (tertiary/aromatic N) is 2. The molecule has 0 aromatic heterocycles. The molecule has 140 valence electrons. The van der Waals surface area contributed by atoms with E-state index in [4.69, 9.17) is 39.5 Å². The molecule has 10 heteroatoms. The Kier molecular flexibility index (Phi) is 6.16. The highest BCUT2D eigenvalue weighted by Crippen LogP contribution is 2.42. The molecule has 0 bridgehead atoms. The maximum atomic E-state index is 13.0. The molecule has 0 radical (unpaired) electrons. The summed E-state index contributed by atoms with van der Waals surface area (Å²) in [7, 11) is -4.01. The predicted molar refractivity (Wildman–Crippen MR) is 99.7 cm³/mol. The smallest absolute Gasteiger partial charge is 0.321 e. The van der Waals surface area contributed by atoms with Crippen molar-refractivity contribution >= 4 is 56.7 Å². The second kappa shape index (κ2) is 7.48. The third-order valence-corrected chi connectivity index (χ3v) is 6.20. The fraction of sp³-hybridized carbons (Fsp3) is 0.533. The number of carbonyl (C=O) groups excluding carboxylic acids is 1. The summed E-state index contributed by atoms with van der Waals surface area (Å²) in [6.45, 7) is 5.58. The molecule has 6 nitrogen and oxygen atoms in total. The Morgan fingerprint density at radius 1 is 1.20 bits per heavy atom. The summed E-state index contributed by atoms with van der Waals surface area (Å²) in [4.78, 5) is 11.8. The van der Waals surface area contributed by atoms with Gasteiger partial charge in [-0.3, -0.25) is 9.10 Å². The van der Waals surface area contributed by atoms with Crippen LogP contribution in [0.4, 0.5) is 5.69 Å².